The lowest BCUT2D eigenvalue weighted by Crippen LogP contribution is -2.08. The molecule has 1 atom stereocenters. The predicted molar refractivity (Wildman–Crippen MR) is 103 cm³/mol. The largest absolute Gasteiger partial charge is 0.317 e. The highest BCUT2D eigenvalue weighted by Gasteiger charge is 2.21. The number of hydrogen-bond donors (Lipinski definition) is 1. The van der Waals surface area contributed by atoms with Gasteiger partial charge in [0.15, 0.2) is 5.16 Å². The van der Waals surface area contributed by atoms with Gasteiger partial charge in [0.05, 0.1) is 22.2 Å². The van der Waals surface area contributed by atoms with E-state index >= 15 is 0 Å². The maximum Gasteiger partial charge on any atom is 0.222 e. The zero-order valence-electron chi connectivity index (χ0n) is 15.2. The minimum atomic E-state index is -1.30. The smallest absolute Gasteiger partial charge is 0.222 e. The van der Waals surface area contributed by atoms with Crippen LogP contribution in [0.3, 0.4) is 0 Å². The quantitative estimate of drug-likeness (QED) is 0.728. The molecule has 27 heavy (non-hydrogen) atoms. The summed E-state index contributed by atoms with van der Waals surface area (Å²) in [7, 11) is -1.30. The second-order valence-corrected chi connectivity index (χ2v) is 7.18. The fourth-order valence-electron chi connectivity index (χ4n) is 2.87. The van der Waals surface area contributed by atoms with Crippen LogP contribution in [0.2, 0.25) is 0 Å². The van der Waals surface area contributed by atoms with Crippen LogP contribution in [0.25, 0.3) is 22.5 Å². The molecule has 0 saturated heterocycles. The number of aromatic nitrogens is 3. The minimum Gasteiger partial charge on any atom is -0.317 e. The Kier molecular flexibility index (Phi) is 5.46. The van der Waals surface area contributed by atoms with Crippen LogP contribution in [0, 0.1) is 5.82 Å². The number of nitrogens with zero attached hydrogens (tertiary/aromatic N) is 3. The summed E-state index contributed by atoms with van der Waals surface area (Å²) in [4.78, 5) is 20.1. The van der Waals surface area contributed by atoms with Crippen LogP contribution in [0.15, 0.2) is 47.8 Å². The van der Waals surface area contributed by atoms with Crippen molar-refractivity contribution in [2.45, 2.75) is 25.5 Å². The lowest BCUT2D eigenvalue weighted by molar-refractivity contribution is -0.114. The van der Waals surface area contributed by atoms with Crippen molar-refractivity contribution in [2.75, 3.05) is 11.6 Å². The Hall–Kier alpha value is -2.87. The highest BCUT2D eigenvalue weighted by atomic mass is 32.2. The van der Waals surface area contributed by atoms with Crippen LogP contribution < -0.4 is 5.32 Å². The summed E-state index contributed by atoms with van der Waals surface area (Å²) < 4.78 is 27.4. The van der Waals surface area contributed by atoms with E-state index < -0.39 is 10.8 Å². The lowest BCUT2D eigenvalue weighted by Gasteiger charge is -2.11. The SMILES string of the molecule is CCn1c(S(C)=O)nc(-c2ccc(F)cc2)c1-c1ccnc(NC(C)=O)c1. The molecule has 2 aromatic heterocycles. The molecular weight excluding hydrogens is 367 g/mol. The van der Waals surface area contributed by atoms with Gasteiger partial charge >= 0.3 is 0 Å². The van der Waals surface area contributed by atoms with Crippen molar-refractivity contribution < 1.29 is 13.4 Å². The van der Waals surface area contributed by atoms with E-state index in [4.69, 9.17) is 0 Å². The van der Waals surface area contributed by atoms with Crippen molar-refractivity contribution in [1.29, 1.82) is 0 Å². The molecule has 3 aromatic rings. The summed E-state index contributed by atoms with van der Waals surface area (Å²) in [6.07, 6.45) is 3.16. The van der Waals surface area contributed by atoms with E-state index in [2.05, 4.69) is 15.3 Å². The molecule has 1 amide bonds. The van der Waals surface area contributed by atoms with Gasteiger partial charge in [-0.2, -0.15) is 0 Å². The molecule has 0 aliphatic rings. The van der Waals surface area contributed by atoms with Crippen molar-refractivity contribution >= 4 is 22.5 Å². The maximum atomic E-state index is 13.4. The molecule has 0 aliphatic heterocycles. The molecular formula is C19H19FN4O2S. The van der Waals surface area contributed by atoms with Gasteiger partial charge in [-0.3, -0.25) is 9.00 Å². The zero-order valence-corrected chi connectivity index (χ0v) is 16.0. The Bertz CT molecular complexity index is 1020. The standard InChI is InChI=1S/C19H19FN4O2S/c1-4-24-18(14-9-10-21-16(11-14)22-12(2)25)17(23-19(24)27(3)26)13-5-7-15(20)8-6-13/h5-11H,4H2,1-3H3,(H,21,22,25). The van der Waals surface area contributed by atoms with Gasteiger partial charge in [-0.1, -0.05) is 0 Å². The number of rotatable bonds is 5. The molecule has 6 nitrogen and oxygen atoms in total. The summed E-state index contributed by atoms with van der Waals surface area (Å²) in [5.41, 5.74) is 2.81. The van der Waals surface area contributed by atoms with E-state index in [0.717, 1.165) is 11.3 Å². The average Bonchev–Trinajstić information content (AvgIpc) is 3.02. The normalized spacial score (nSPS) is 12.0. The van der Waals surface area contributed by atoms with Gasteiger partial charge in [0.25, 0.3) is 0 Å². The van der Waals surface area contributed by atoms with Crippen LogP contribution in [0.4, 0.5) is 10.2 Å². The number of nitrogens with one attached hydrogen (secondary N) is 1. The first kappa shape index (κ1) is 18.9. The third-order valence-corrected chi connectivity index (χ3v) is 4.79. The fourth-order valence-corrected chi connectivity index (χ4v) is 3.62. The molecule has 8 heteroatoms. The molecule has 1 N–H and O–H groups in total. The Morgan fingerprint density at radius 3 is 2.52 bits per heavy atom. The van der Waals surface area contributed by atoms with Crippen molar-refractivity contribution in [3.05, 3.63) is 48.4 Å². The Balaban J connectivity index is 2.25. The Labute approximate surface area is 158 Å². The van der Waals surface area contributed by atoms with Crippen molar-refractivity contribution in [1.82, 2.24) is 14.5 Å². The minimum absolute atomic E-state index is 0.224. The van der Waals surface area contributed by atoms with Gasteiger partial charge in [0, 0.05) is 37.0 Å². The van der Waals surface area contributed by atoms with Crippen LogP contribution >= 0.6 is 0 Å². The second-order valence-electron chi connectivity index (χ2n) is 5.91. The van der Waals surface area contributed by atoms with E-state index in [-0.39, 0.29) is 11.7 Å². The number of carbonyl (C=O) groups excluding carboxylic acids is 1. The molecule has 0 bridgehead atoms. The molecule has 2 heterocycles. The summed E-state index contributed by atoms with van der Waals surface area (Å²) in [6.45, 7) is 3.90. The number of carbonyl (C=O) groups is 1. The molecule has 140 valence electrons. The van der Waals surface area contributed by atoms with Crippen LogP contribution in [-0.2, 0) is 22.1 Å². The topological polar surface area (TPSA) is 76.9 Å². The first-order valence-corrected chi connectivity index (χ1v) is 9.90. The summed E-state index contributed by atoms with van der Waals surface area (Å²) >= 11 is 0. The van der Waals surface area contributed by atoms with E-state index in [1.807, 2.05) is 11.5 Å². The van der Waals surface area contributed by atoms with Crippen LogP contribution in [0.1, 0.15) is 13.8 Å². The number of amides is 1. The van der Waals surface area contributed by atoms with Gasteiger partial charge in [-0.25, -0.2) is 14.4 Å². The van der Waals surface area contributed by atoms with Gasteiger partial charge < -0.3 is 9.88 Å². The molecule has 1 unspecified atom stereocenters. The highest BCUT2D eigenvalue weighted by molar-refractivity contribution is 7.84. The van der Waals surface area contributed by atoms with Crippen molar-refractivity contribution in [2.24, 2.45) is 0 Å². The summed E-state index contributed by atoms with van der Waals surface area (Å²) in [5, 5.41) is 3.09. The number of hydrogen-bond acceptors (Lipinski definition) is 4. The van der Waals surface area contributed by atoms with Crippen molar-refractivity contribution in [3.8, 4) is 22.5 Å². The predicted octanol–water partition coefficient (Wildman–Crippen LogP) is 3.47. The number of imidazole rings is 1. The summed E-state index contributed by atoms with van der Waals surface area (Å²) in [5.74, 6) is -0.155. The molecule has 0 saturated carbocycles. The maximum absolute atomic E-state index is 13.4. The molecule has 1 aromatic carbocycles. The molecule has 0 fully saturated rings. The number of anilines is 1. The Morgan fingerprint density at radius 1 is 1.22 bits per heavy atom. The van der Waals surface area contributed by atoms with Crippen LogP contribution in [0.5, 0.6) is 0 Å². The monoisotopic (exact) mass is 386 g/mol. The molecule has 0 aliphatic carbocycles. The average molecular weight is 386 g/mol. The fraction of sp³-hybridized carbons (Fsp3) is 0.211. The number of pyridine rings is 1. The van der Waals surface area contributed by atoms with Gasteiger partial charge in [-0.05, 0) is 43.3 Å². The lowest BCUT2D eigenvalue weighted by atomic mass is 10.1. The van der Waals surface area contributed by atoms with E-state index in [9.17, 15) is 13.4 Å². The van der Waals surface area contributed by atoms with Gasteiger partial charge in [0.1, 0.15) is 11.6 Å². The Morgan fingerprint density at radius 2 is 1.93 bits per heavy atom. The molecule has 0 radical (unpaired) electrons. The number of benzene rings is 1. The first-order valence-electron chi connectivity index (χ1n) is 8.34. The van der Waals surface area contributed by atoms with Gasteiger partial charge in [-0.15, -0.1) is 0 Å². The zero-order chi connectivity index (χ0) is 19.6. The van der Waals surface area contributed by atoms with E-state index in [1.54, 1.807) is 36.7 Å². The summed E-state index contributed by atoms with van der Waals surface area (Å²) in [6, 6.07) is 9.53. The number of halogens is 1. The highest BCUT2D eigenvalue weighted by Crippen LogP contribution is 2.34. The van der Waals surface area contributed by atoms with E-state index in [0.29, 0.717) is 28.8 Å². The third kappa shape index (κ3) is 3.95. The molecule has 3 rings (SSSR count). The second kappa shape index (κ2) is 7.79. The van der Waals surface area contributed by atoms with Crippen molar-refractivity contribution in [3.63, 3.8) is 0 Å². The first-order chi connectivity index (χ1) is 12.9. The third-order valence-electron chi connectivity index (χ3n) is 3.96. The van der Waals surface area contributed by atoms with E-state index in [1.165, 1.54) is 19.1 Å². The van der Waals surface area contributed by atoms with Crippen LogP contribution in [-0.4, -0.2) is 30.9 Å². The molecule has 0 spiro atoms. The van der Waals surface area contributed by atoms with Gasteiger partial charge in [0.2, 0.25) is 5.91 Å².